The smallest absolute Gasteiger partial charge is 0.321 e. The summed E-state index contributed by atoms with van der Waals surface area (Å²) in [5.74, 6) is -0.921. The van der Waals surface area contributed by atoms with E-state index in [4.69, 9.17) is 15.6 Å². The zero-order chi connectivity index (χ0) is 14.4. The van der Waals surface area contributed by atoms with Crippen LogP contribution >= 0.6 is 0 Å². The molecule has 0 saturated heterocycles. The normalized spacial score (nSPS) is 11.7. The van der Waals surface area contributed by atoms with Crippen molar-refractivity contribution in [1.82, 2.24) is 5.32 Å². The first kappa shape index (κ1) is 15.0. The molecule has 1 atom stereocenters. The number of aryl methyl sites for hydroxylation is 1. The lowest BCUT2D eigenvalue weighted by molar-refractivity contribution is -0.140. The summed E-state index contributed by atoms with van der Waals surface area (Å²) in [6.07, 6.45) is -0.247. The maximum atomic E-state index is 11.5. The van der Waals surface area contributed by atoms with Crippen LogP contribution in [-0.2, 0) is 16.1 Å². The van der Waals surface area contributed by atoms with Crippen LogP contribution in [0.5, 0.6) is 5.75 Å². The number of ether oxygens (including phenoxy) is 1. The molecule has 0 aliphatic heterocycles. The van der Waals surface area contributed by atoms with Gasteiger partial charge in [0.15, 0.2) is 0 Å². The molecular weight excluding hydrogens is 248 g/mol. The lowest BCUT2D eigenvalue weighted by Crippen LogP contribution is -2.36. The number of hydrogen-bond donors (Lipinski definition) is 3. The quantitative estimate of drug-likeness (QED) is 0.692. The lowest BCUT2D eigenvalue weighted by Gasteiger charge is -2.11. The molecule has 1 unspecified atom stereocenters. The SMILES string of the molecule is COc1ccc(C)cc1CNC(=O)CC(N)C(=O)O. The summed E-state index contributed by atoms with van der Waals surface area (Å²) in [5, 5.41) is 11.2. The lowest BCUT2D eigenvalue weighted by atomic mass is 10.1. The number of carbonyl (C=O) groups is 2. The van der Waals surface area contributed by atoms with Gasteiger partial charge < -0.3 is 20.9 Å². The fourth-order valence-electron chi connectivity index (χ4n) is 1.60. The van der Waals surface area contributed by atoms with Crippen molar-refractivity contribution in [2.24, 2.45) is 5.73 Å². The first-order valence-corrected chi connectivity index (χ1v) is 5.82. The van der Waals surface area contributed by atoms with Gasteiger partial charge in [-0.3, -0.25) is 9.59 Å². The third-order valence-electron chi connectivity index (χ3n) is 2.63. The number of hydrogen-bond acceptors (Lipinski definition) is 4. The zero-order valence-corrected chi connectivity index (χ0v) is 11.0. The van der Waals surface area contributed by atoms with Crippen molar-refractivity contribution in [3.8, 4) is 5.75 Å². The zero-order valence-electron chi connectivity index (χ0n) is 11.0. The van der Waals surface area contributed by atoms with Gasteiger partial charge in [0.2, 0.25) is 5.91 Å². The van der Waals surface area contributed by atoms with Crippen molar-refractivity contribution < 1.29 is 19.4 Å². The van der Waals surface area contributed by atoms with Crippen LogP contribution in [0.3, 0.4) is 0 Å². The average Bonchev–Trinajstić information content (AvgIpc) is 2.36. The number of nitrogens with one attached hydrogen (secondary N) is 1. The molecule has 0 bridgehead atoms. The Morgan fingerprint density at radius 2 is 2.16 bits per heavy atom. The van der Waals surface area contributed by atoms with Crippen molar-refractivity contribution in [3.63, 3.8) is 0 Å². The van der Waals surface area contributed by atoms with Gasteiger partial charge in [-0.2, -0.15) is 0 Å². The van der Waals surface area contributed by atoms with E-state index >= 15 is 0 Å². The minimum atomic E-state index is -1.19. The first-order valence-electron chi connectivity index (χ1n) is 5.82. The highest BCUT2D eigenvalue weighted by Gasteiger charge is 2.16. The Hall–Kier alpha value is -2.08. The fourth-order valence-corrected chi connectivity index (χ4v) is 1.60. The van der Waals surface area contributed by atoms with Crippen molar-refractivity contribution in [1.29, 1.82) is 0 Å². The van der Waals surface area contributed by atoms with Gasteiger partial charge in [0.25, 0.3) is 0 Å². The van der Waals surface area contributed by atoms with Crippen molar-refractivity contribution >= 4 is 11.9 Å². The van der Waals surface area contributed by atoms with Gasteiger partial charge in [-0.25, -0.2) is 0 Å². The Balaban J connectivity index is 2.59. The molecule has 1 aromatic carbocycles. The van der Waals surface area contributed by atoms with E-state index in [-0.39, 0.29) is 13.0 Å². The van der Waals surface area contributed by atoms with Gasteiger partial charge in [0.1, 0.15) is 11.8 Å². The minimum Gasteiger partial charge on any atom is -0.496 e. The summed E-state index contributed by atoms with van der Waals surface area (Å²) in [5.41, 5.74) is 7.16. The summed E-state index contributed by atoms with van der Waals surface area (Å²) in [6.45, 7) is 2.21. The Morgan fingerprint density at radius 1 is 1.47 bits per heavy atom. The molecule has 6 heteroatoms. The van der Waals surface area contributed by atoms with Crippen LogP contribution in [0.2, 0.25) is 0 Å². The Morgan fingerprint density at radius 3 is 2.74 bits per heavy atom. The summed E-state index contributed by atoms with van der Waals surface area (Å²) in [4.78, 5) is 22.0. The number of carboxylic acids is 1. The van der Waals surface area contributed by atoms with Crippen molar-refractivity contribution in [2.75, 3.05) is 7.11 Å². The van der Waals surface area contributed by atoms with Gasteiger partial charge >= 0.3 is 5.97 Å². The number of methoxy groups -OCH3 is 1. The second-order valence-electron chi connectivity index (χ2n) is 4.24. The van der Waals surface area contributed by atoms with E-state index in [1.54, 1.807) is 7.11 Å². The molecule has 1 aromatic rings. The van der Waals surface area contributed by atoms with E-state index in [2.05, 4.69) is 5.32 Å². The highest BCUT2D eigenvalue weighted by atomic mass is 16.5. The first-order chi connectivity index (χ1) is 8.93. The number of amides is 1. The molecule has 19 heavy (non-hydrogen) atoms. The molecule has 6 nitrogen and oxygen atoms in total. The average molecular weight is 266 g/mol. The number of benzene rings is 1. The van der Waals surface area contributed by atoms with Crippen LogP contribution in [0, 0.1) is 6.92 Å². The molecular formula is C13H18N2O4. The molecule has 0 aromatic heterocycles. The molecule has 1 rings (SSSR count). The topological polar surface area (TPSA) is 102 Å². The number of carboxylic acid groups (broad SMARTS) is 1. The van der Waals surface area contributed by atoms with Crippen LogP contribution in [0.25, 0.3) is 0 Å². The monoisotopic (exact) mass is 266 g/mol. The van der Waals surface area contributed by atoms with Crippen LogP contribution in [-0.4, -0.2) is 30.1 Å². The molecule has 0 aliphatic rings. The largest absolute Gasteiger partial charge is 0.496 e. The number of rotatable bonds is 6. The molecule has 4 N–H and O–H groups in total. The summed E-state index contributed by atoms with van der Waals surface area (Å²) < 4.78 is 5.18. The molecule has 0 aliphatic carbocycles. The van der Waals surface area contributed by atoms with Gasteiger partial charge in [-0.1, -0.05) is 17.7 Å². The molecule has 0 saturated carbocycles. The van der Waals surface area contributed by atoms with E-state index < -0.39 is 17.9 Å². The highest BCUT2D eigenvalue weighted by molar-refractivity contribution is 5.84. The third-order valence-corrected chi connectivity index (χ3v) is 2.63. The maximum Gasteiger partial charge on any atom is 0.321 e. The standard InChI is InChI=1S/C13H18N2O4/c1-8-3-4-11(19-2)9(5-8)7-15-12(16)6-10(14)13(17)18/h3-5,10H,6-7,14H2,1-2H3,(H,15,16)(H,17,18). The predicted octanol–water partition coefficient (Wildman–Crippen LogP) is 0.422. The van der Waals surface area contributed by atoms with Gasteiger partial charge in [-0.05, 0) is 13.0 Å². The molecule has 0 spiro atoms. The predicted molar refractivity (Wildman–Crippen MR) is 69.8 cm³/mol. The second kappa shape index (κ2) is 6.75. The Bertz CT molecular complexity index is 474. The molecule has 1 amide bonds. The van der Waals surface area contributed by atoms with Crippen LogP contribution in [0.4, 0.5) is 0 Å². The Labute approximate surface area is 111 Å². The van der Waals surface area contributed by atoms with Crippen molar-refractivity contribution in [2.45, 2.75) is 25.9 Å². The number of carbonyl (C=O) groups excluding carboxylic acids is 1. The van der Waals surface area contributed by atoms with Crippen LogP contribution in [0.1, 0.15) is 17.5 Å². The fraction of sp³-hybridized carbons (Fsp3) is 0.385. The van der Waals surface area contributed by atoms with Gasteiger partial charge in [-0.15, -0.1) is 0 Å². The van der Waals surface area contributed by atoms with E-state index in [0.717, 1.165) is 11.1 Å². The summed E-state index contributed by atoms with van der Waals surface area (Å²) in [6, 6.07) is 4.44. The van der Waals surface area contributed by atoms with E-state index in [0.29, 0.717) is 5.75 Å². The van der Waals surface area contributed by atoms with Gasteiger partial charge in [0, 0.05) is 12.1 Å². The second-order valence-corrected chi connectivity index (χ2v) is 4.24. The van der Waals surface area contributed by atoms with E-state index in [9.17, 15) is 9.59 Å². The molecule has 0 fully saturated rings. The van der Waals surface area contributed by atoms with Crippen molar-refractivity contribution in [3.05, 3.63) is 29.3 Å². The van der Waals surface area contributed by atoms with Crippen LogP contribution in [0.15, 0.2) is 18.2 Å². The van der Waals surface area contributed by atoms with Gasteiger partial charge in [0.05, 0.1) is 13.5 Å². The number of nitrogens with two attached hydrogens (primary N) is 1. The molecule has 0 radical (unpaired) electrons. The van der Waals surface area contributed by atoms with E-state index in [1.165, 1.54) is 0 Å². The van der Waals surface area contributed by atoms with E-state index in [1.807, 2.05) is 25.1 Å². The Kier molecular flexibility index (Phi) is 5.32. The molecule has 0 heterocycles. The minimum absolute atomic E-state index is 0.247. The molecule has 104 valence electrons. The summed E-state index contributed by atoms with van der Waals surface area (Å²) in [7, 11) is 1.55. The number of aliphatic carboxylic acids is 1. The van der Waals surface area contributed by atoms with Crippen LogP contribution < -0.4 is 15.8 Å². The highest BCUT2D eigenvalue weighted by Crippen LogP contribution is 2.19. The maximum absolute atomic E-state index is 11.5. The third kappa shape index (κ3) is 4.59. The summed E-state index contributed by atoms with van der Waals surface area (Å²) >= 11 is 0.